The lowest BCUT2D eigenvalue weighted by atomic mass is 9.83. The van der Waals surface area contributed by atoms with Crippen molar-refractivity contribution in [3.05, 3.63) is 108 Å². The Balaban J connectivity index is 1.78. The van der Waals surface area contributed by atoms with Crippen LogP contribution < -0.4 is 10.6 Å². The molecule has 1 aliphatic heterocycles. The van der Waals surface area contributed by atoms with Crippen LogP contribution in [0.2, 0.25) is 0 Å². The highest BCUT2D eigenvalue weighted by Gasteiger charge is 2.47. The number of rotatable bonds is 7. The molecule has 5 heteroatoms. The molecule has 2 atom stereocenters. The summed E-state index contributed by atoms with van der Waals surface area (Å²) in [4.78, 5) is 26.6. The first-order valence-electron chi connectivity index (χ1n) is 11.0. The molecule has 164 valence electrons. The third kappa shape index (κ3) is 4.96. The number of amides is 1. The minimum absolute atomic E-state index is 0.0836. The number of Topliss-reactive ketones (excluding diaryl/α,β-unsaturated/α-hetero) is 1. The van der Waals surface area contributed by atoms with Crippen molar-refractivity contribution in [1.29, 1.82) is 0 Å². The monoisotopic (exact) mass is 428 g/mol. The van der Waals surface area contributed by atoms with E-state index in [-0.39, 0.29) is 18.3 Å². The molecule has 5 nitrogen and oxygen atoms in total. The van der Waals surface area contributed by atoms with E-state index >= 15 is 0 Å². The van der Waals surface area contributed by atoms with Gasteiger partial charge in [0.05, 0.1) is 12.5 Å². The number of benzene rings is 3. The van der Waals surface area contributed by atoms with E-state index < -0.39 is 11.6 Å². The zero-order valence-electron chi connectivity index (χ0n) is 18.0. The Morgan fingerprint density at radius 3 is 2.25 bits per heavy atom. The van der Waals surface area contributed by atoms with Crippen LogP contribution in [-0.2, 0) is 21.9 Å². The minimum atomic E-state index is -1.31. The van der Waals surface area contributed by atoms with Gasteiger partial charge >= 0.3 is 0 Å². The molecule has 1 heterocycles. The molecule has 0 saturated carbocycles. The summed E-state index contributed by atoms with van der Waals surface area (Å²) >= 11 is 0. The molecule has 1 aliphatic rings. The Morgan fingerprint density at radius 2 is 1.56 bits per heavy atom. The highest BCUT2D eigenvalue weighted by atomic mass is 16.5. The topological polar surface area (TPSA) is 67.4 Å². The van der Waals surface area contributed by atoms with Crippen molar-refractivity contribution in [2.45, 2.75) is 25.2 Å². The van der Waals surface area contributed by atoms with E-state index in [1.807, 2.05) is 78.9 Å². The lowest BCUT2D eigenvalue weighted by molar-refractivity contribution is -0.149. The molecule has 0 bridgehead atoms. The fraction of sp³-hybridized carbons (Fsp3) is 0.259. The fourth-order valence-corrected chi connectivity index (χ4v) is 4.16. The SMILES string of the molecule is O=C(NC(OCc1ccccc1)(c1ccccc1)C1CNCCCC1=O)c1ccccc1. The summed E-state index contributed by atoms with van der Waals surface area (Å²) < 4.78 is 6.57. The molecular formula is C27H28N2O3. The molecule has 3 aromatic rings. The number of nitrogens with one attached hydrogen (secondary N) is 2. The number of hydrogen-bond acceptors (Lipinski definition) is 4. The van der Waals surface area contributed by atoms with Crippen LogP contribution in [0.3, 0.4) is 0 Å². The highest BCUT2D eigenvalue weighted by molar-refractivity contribution is 5.95. The Labute approximate surface area is 188 Å². The molecule has 0 aromatic heterocycles. The molecule has 2 unspecified atom stereocenters. The van der Waals surface area contributed by atoms with E-state index in [1.54, 1.807) is 12.1 Å². The minimum Gasteiger partial charge on any atom is -0.346 e. The standard InChI is InChI=1S/C27H28N2O3/c30-25-17-10-18-28-19-24(25)27(23-15-8-3-9-16-23,32-20-21-11-4-1-5-12-21)29-26(31)22-13-6-2-7-14-22/h1-9,11-16,24,28H,10,17-20H2,(H,29,31). The average molecular weight is 429 g/mol. The number of carbonyl (C=O) groups excluding carboxylic acids is 2. The van der Waals surface area contributed by atoms with Crippen molar-refractivity contribution < 1.29 is 14.3 Å². The van der Waals surface area contributed by atoms with Crippen molar-refractivity contribution in [3.63, 3.8) is 0 Å². The van der Waals surface area contributed by atoms with Crippen LogP contribution in [0.1, 0.15) is 34.3 Å². The van der Waals surface area contributed by atoms with Gasteiger partial charge in [0.2, 0.25) is 0 Å². The van der Waals surface area contributed by atoms with Gasteiger partial charge in [-0.25, -0.2) is 0 Å². The molecule has 32 heavy (non-hydrogen) atoms. The van der Waals surface area contributed by atoms with Gasteiger partial charge in [-0.05, 0) is 30.7 Å². The van der Waals surface area contributed by atoms with Gasteiger partial charge in [-0.3, -0.25) is 9.59 Å². The van der Waals surface area contributed by atoms with Crippen LogP contribution >= 0.6 is 0 Å². The van der Waals surface area contributed by atoms with Gasteiger partial charge < -0.3 is 15.4 Å². The number of carbonyl (C=O) groups is 2. The van der Waals surface area contributed by atoms with Crippen LogP contribution in [0, 0.1) is 5.92 Å². The van der Waals surface area contributed by atoms with Crippen molar-refractivity contribution in [2.75, 3.05) is 13.1 Å². The first-order chi connectivity index (χ1) is 15.7. The zero-order chi connectivity index (χ0) is 22.2. The van der Waals surface area contributed by atoms with Gasteiger partial charge in [0, 0.05) is 24.1 Å². The lowest BCUT2D eigenvalue weighted by Crippen LogP contribution is -2.57. The van der Waals surface area contributed by atoms with Gasteiger partial charge in [-0.1, -0.05) is 78.9 Å². The maximum absolute atomic E-state index is 13.4. The van der Waals surface area contributed by atoms with Gasteiger partial charge in [-0.15, -0.1) is 0 Å². The summed E-state index contributed by atoms with van der Waals surface area (Å²) in [5.74, 6) is -0.761. The summed E-state index contributed by atoms with van der Waals surface area (Å²) in [7, 11) is 0. The van der Waals surface area contributed by atoms with Crippen molar-refractivity contribution in [3.8, 4) is 0 Å². The van der Waals surface area contributed by atoms with E-state index in [0.717, 1.165) is 24.1 Å². The van der Waals surface area contributed by atoms with Crippen molar-refractivity contribution >= 4 is 11.7 Å². The maximum Gasteiger partial charge on any atom is 0.253 e. The molecule has 2 N–H and O–H groups in total. The number of hydrogen-bond donors (Lipinski definition) is 2. The van der Waals surface area contributed by atoms with E-state index in [9.17, 15) is 9.59 Å². The van der Waals surface area contributed by atoms with E-state index in [2.05, 4.69) is 10.6 Å². The zero-order valence-corrected chi connectivity index (χ0v) is 18.0. The largest absolute Gasteiger partial charge is 0.346 e. The second-order valence-corrected chi connectivity index (χ2v) is 8.02. The number of ketones is 1. The van der Waals surface area contributed by atoms with Gasteiger partial charge in [0.15, 0.2) is 5.72 Å². The Morgan fingerprint density at radius 1 is 0.938 bits per heavy atom. The molecule has 0 spiro atoms. The average Bonchev–Trinajstić information content (AvgIpc) is 3.08. The molecular weight excluding hydrogens is 400 g/mol. The van der Waals surface area contributed by atoms with Gasteiger partial charge in [-0.2, -0.15) is 0 Å². The second kappa shape index (κ2) is 10.4. The first-order valence-corrected chi connectivity index (χ1v) is 11.0. The summed E-state index contributed by atoms with van der Waals surface area (Å²) in [6.45, 7) is 1.45. The fourth-order valence-electron chi connectivity index (χ4n) is 4.16. The lowest BCUT2D eigenvalue weighted by Gasteiger charge is -2.40. The smallest absolute Gasteiger partial charge is 0.253 e. The second-order valence-electron chi connectivity index (χ2n) is 8.02. The van der Waals surface area contributed by atoms with E-state index in [4.69, 9.17) is 4.74 Å². The van der Waals surface area contributed by atoms with Crippen LogP contribution in [0.15, 0.2) is 91.0 Å². The normalized spacial score (nSPS) is 18.4. The summed E-state index contributed by atoms with van der Waals surface area (Å²) in [6, 6.07) is 28.4. The molecule has 1 fully saturated rings. The predicted octanol–water partition coefficient (Wildman–Crippen LogP) is 4.05. The third-order valence-corrected chi connectivity index (χ3v) is 5.85. The molecule has 4 rings (SSSR count). The van der Waals surface area contributed by atoms with E-state index in [0.29, 0.717) is 18.5 Å². The van der Waals surface area contributed by atoms with Crippen LogP contribution in [0.5, 0.6) is 0 Å². The van der Waals surface area contributed by atoms with Gasteiger partial charge in [0.25, 0.3) is 5.91 Å². The summed E-state index contributed by atoms with van der Waals surface area (Å²) in [6.07, 6.45) is 1.22. The molecule has 0 radical (unpaired) electrons. The Hall–Kier alpha value is -3.28. The first kappa shape index (κ1) is 21.9. The quantitative estimate of drug-likeness (QED) is 0.557. The van der Waals surface area contributed by atoms with Crippen molar-refractivity contribution in [2.24, 2.45) is 5.92 Å². The van der Waals surface area contributed by atoms with Crippen LogP contribution in [-0.4, -0.2) is 24.8 Å². The molecule has 3 aromatic carbocycles. The Bertz CT molecular complexity index is 1020. The highest BCUT2D eigenvalue weighted by Crippen LogP contribution is 2.35. The van der Waals surface area contributed by atoms with Crippen LogP contribution in [0.4, 0.5) is 0 Å². The van der Waals surface area contributed by atoms with Crippen molar-refractivity contribution in [1.82, 2.24) is 10.6 Å². The molecule has 1 amide bonds. The summed E-state index contributed by atoms with van der Waals surface area (Å²) in [5.41, 5.74) is 0.932. The van der Waals surface area contributed by atoms with Gasteiger partial charge in [0.1, 0.15) is 5.78 Å². The number of ether oxygens (including phenoxy) is 1. The van der Waals surface area contributed by atoms with E-state index in [1.165, 1.54) is 0 Å². The predicted molar refractivity (Wildman–Crippen MR) is 124 cm³/mol. The maximum atomic E-state index is 13.4. The van der Waals surface area contributed by atoms with Crippen LogP contribution in [0.25, 0.3) is 0 Å². The summed E-state index contributed by atoms with van der Waals surface area (Å²) in [5, 5.41) is 6.50. The molecule has 1 saturated heterocycles. The third-order valence-electron chi connectivity index (χ3n) is 5.85. The Kier molecular flexibility index (Phi) is 7.10. The molecule has 0 aliphatic carbocycles.